The maximum Gasteiger partial charge on any atom is 0.335 e. The molecule has 2 nitrogen and oxygen atoms in total. The molecule has 0 atom stereocenters. The molecule has 0 aliphatic carbocycles. The minimum Gasteiger partial charge on any atom is -0.478 e. The molecular formula is C17H18O2S. The highest BCUT2D eigenvalue weighted by Gasteiger charge is 2.04. The summed E-state index contributed by atoms with van der Waals surface area (Å²) in [6, 6.07) is 15.7. The Balaban J connectivity index is 2.01. The van der Waals surface area contributed by atoms with Gasteiger partial charge in [0.2, 0.25) is 0 Å². The number of carboxylic acids is 1. The standard InChI is InChI=1S/C17H18O2S/c1-12(2)14-8-6-13(7-9-14)11-20-16-5-3-4-15(10-16)17(18)19/h3-10,12H,11H2,1-2H3,(H,18,19). The van der Waals surface area contributed by atoms with Crippen molar-refractivity contribution in [3.63, 3.8) is 0 Å². The lowest BCUT2D eigenvalue weighted by Crippen LogP contribution is -1.95. The Bertz CT molecular complexity index is 588. The first-order valence-corrected chi connectivity index (χ1v) is 7.60. The molecule has 104 valence electrons. The number of carbonyl (C=O) groups is 1. The van der Waals surface area contributed by atoms with Crippen LogP contribution in [0.15, 0.2) is 53.4 Å². The average Bonchev–Trinajstić information content (AvgIpc) is 2.46. The number of rotatable bonds is 5. The van der Waals surface area contributed by atoms with Crippen LogP contribution >= 0.6 is 11.8 Å². The minimum absolute atomic E-state index is 0.338. The van der Waals surface area contributed by atoms with E-state index in [2.05, 4.69) is 38.1 Å². The SMILES string of the molecule is CC(C)c1ccc(CSc2cccc(C(=O)O)c2)cc1. The van der Waals surface area contributed by atoms with Crippen molar-refractivity contribution in [3.05, 3.63) is 65.2 Å². The summed E-state index contributed by atoms with van der Waals surface area (Å²) in [5, 5.41) is 8.97. The molecular weight excluding hydrogens is 268 g/mol. The third kappa shape index (κ3) is 3.87. The fraction of sp³-hybridized carbons (Fsp3) is 0.235. The third-order valence-corrected chi connectivity index (χ3v) is 4.20. The molecule has 0 heterocycles. The van der Waals surface area contributed by atoms with E-state index >= 15 is 0 Å². The van der Waals surface area contributed by atoms with E-state index in [1.54, 1.807) is 30.0 Å². The Morgan fingerprint density at radius 1 is 1.15 bits per heavy atom. The molecule has 0 unspecified atom stereocenters. The van der Waals surface area contributed by atoms with Gasteiger partial charge in [0.05, 0.1) is 5.56 Å². The second kappa shape index (κ2) is 6.62. The molecule has 0 aliphatic heterocycles. The summed E-state index contributed by atoms with van der Waals surface area (Å²) in [6.07, 6.45) is 0. The van der Waals surface area contributed by atoms with Gasteiger partial charge >= 0.3 is 5.97 Å². The molecule has 0 aromatic heterocycles. The number of hydrogen-bond acceptors (Lipinski definition) is 2. The Morgan fingerprint density at radius 2 is 1.85 bits per heavy atom. The molecule has 0 aliphatic rings. The van der Waals surface area contributed by atoms with Crippen LogP contribution in [0.5, 0.6) is 0 Å². The molecule has 1 N–H and O–H groups in total. The molecule has 2 rings (SSSR count). The van der Waals surface area contributed by atoms with Crippen LogP contribution in [-0.2, 0) is 5.75 Å². The Kier molecular flexibility index (Phi) is 4.85. The van der Waals surface area contributed by atoms with Gasteiger partial charge in [0.1, 0.15) is 0 Å². The van der Waals surface area contributed by atoms with E-state index in [0.717, 1.165) is 10.6 Å². The van der Waals surface area contributed by atoms with E-state index in [0.29, 0.717) is 11.5 Å². The van der Waals surface area contributed by atoms with Crippen molar-refractivity contribution in [1.29, 1.82) is 0 Å². The lowest BCUT2D eigenvalue weighted by atomic mass is 10.0. The van der Waals surface area contributed by atoms with E-state index in [1.165, 1.54) is 11.1 Å². The minimum atomic E-state index is -0.881. The van der Waals surface area contributed by atoms with E-state index in [9.17, 15) is 4.79 Å². The molecule has 0 saturated heterocycles. The highest BCUT2D eigenvalue weighted by atomic mass is 32.2. The molecule has 0 radical (unpaired) electrons. The van der Waals surface area contributed by atoms with Gasteiger partial charge in [0.25, 0.3) is 0 Å². The number of aromatic carboxylic acids is 1. The van der Waals surface area contributed by atoms with Crippen LogP contribution in [0.2, 0.25) is 0 Å². The summed E-state index contributed by atoms with van der Waals surface area (Å²) in [6.45, 7) is 4.36. The third-order valence-electron chi connectivity index (χ3n) is 3.13. The van der Waals surface area contributed by atoms with E-state index in [-0.39, 0.29) is 0 Å². The molecule has 2 aromatic carbocycles. The fourth-order valence-electron chi connectivity index (χ4n) is 1.88. The molecule has 2 aromatic rings. The van der Waals surface area contributed by atoms with Gasteiger partial charge in [0, 0.05) is 10.6 Å². The first-order chi connectivity index (χ1) is 9.56. The van der Waals surface area contributed by atoms with Crippen molar-refractivity contribution >= 4 is 17.7 Å². The van der Waals surface area contributed by atoms with Crippen molar-refractivity contribution < 1.29 is 9.90 Å². The van der Waals surface area contributed by atoms with Gasteiger partial charge < -0.3 is 5.11 Å². The van der Waals surface area contributed by atoms with Gasteiger partial charge in [-0.15, -0.1) is 11.8 Å². The molecule has 0 amide bonds. The van der Waals surface area contributed by atoms with Gasteiger partial charge in [-0.2, -0.15) is 0 Å². The zero-order valence-electron chi connectivity index (χ0n) is 11.7. The zero-order chi connectivity index (χ0) is 14.5. The highest BCUT2D eigenvalue weighted by Crippen LogP contribution is 2.24. The summed E-state index contributed by atoms with van der Waals surface area (Å²) in [7, 11) is 0. The molecule has 20 heavy (non-hydrogen) atoms. The average molecular weight is 286 g/mol. The van der Waals surface area contributed by atoms with Crippen molar-refractivity contribution in [2.75, 3.05) is 0 Å². The second-order valence-electron chi connectivity index (χ2n) is 5.02. The Morgan fingerprint density at radius 3 is 2.45 bits per heavy atom. The normalized spacial score (nSPS) is 10.8. The van der Waals surface area contributed by atoms with Crippen LogP contribution in [0, 0.1) is 0 Å². The summed E-state index contributed by atoms with van der Waals surface area (Å²) < 4.78 is 0. The summed E-state index contributed by atoms with van der Waals surface area (Å²) >= 11 is 1.66. The number of thioether (sulfide) groups is 1. The van der Waals surface area contributed by atoms with E-state index < -0.39 is 5.97 Å². The second-order valence-corrected chi connectivity index (χ2v) is 6.07. The van der Waals surface area contributed by atoms with Crippen LogP contribution < -0.4 is 0 Å². The predicted octanol–water partition coefficient (Wildman–Crippen LogP) is 4.80. The Labute approximate surface area is 123 Å². The summed E-state index contributed by atoms with van der Waals surface area (Å²) in [5.74, 6) is 0.513. The fourth-order valence-corrected chi connectivity index (χ4v) is 2.80. The van der Waals surface area contributed by atoms with Crippen LogP contribution in [0.25, 0.3) is 0 Å². The topological polar surface area (TPSA) is 37.3 Å². The first-order valence-electron chi connectivity index (χ1n) is 6.61. The van der Waals surface area contributed by atoms with Crippen molar-refractivity contribution in [2.24, 2.45) is 0 Å². The lowest BCUT2D eigenvalue weighted by molar-refractivity contribution is 0.0696. The van der Waals surface area contributed by atoms with E-state index in [4.69, 9.17) is 5.11 Å². The summed E-state index contributed by atoms with van der Waals surface area (Å²) in [4.78, 5) is 11.9. The molecule has 0 spiro atoms. The molecule has 3 heteroatoms. The van der Waals surface area contributed by atoms with Gasteiger partial charge in [-0.05, 0) is 35.2 Å². The van der Waals surface area contributed by atoms with Gasteiger partial charge in [0.15, 0.2) is 0 Å². The number of benzene rings is 2. The largest absolute Gasteiger partial charge is 0.478 e. The zero-order valence-corrected chi connectivity index (χ0v) is 12.5. The van der Waals surface area contributed by atoms with E-state index in [1.807, 2.05) is 6.07 Å². The van der Waals surface area contributed by atoms with Crippen LogP contribution in [-0.4, -0.2) is 11.1 Å². The lowest BCUT2D eigenvalue weighted by Gasteiger charge is -2.07. The van der Waals surface area contributed by atoms with Crippen LogP contribution in [0.1, 0.15) is 41.3 Å². The number of carboxylic acid groups (broad SMARTS) is 1. The van der Waals surface area contributed by atoms with Gasteiger partial charge in [-0.3, -0.25) is 0 Å². The molecule has 0 fully saturated rings. The number of hydrogen-bond donors (Lipinski definition) is 1. The quantitative estimate of drug-likeness (QED) is 0.802. The smallest absolute Gasteiger partial charge is 0.335 e. The van der Waals surface area contributed by atoms with Crippen LogP contribution in [0.4, 0.5) is 0 Å². The monoisotopic (exact) mass is 286 g/mol. The maximum absolute atomic E-state index is 10.9. The van der Waals surface area contributed by atoms with Crippen molar-refractivity contribution in [1.82, 2.24) is 0 Å². The molecule has 0 bridgehead atoms. The Hall–Kier alpha value is -1.74. The maximum atomic E-state index is 10.9. The van der Waals surface area contributed by atoms with Crippen molar-refractivity contribution in [3.8, 4) is 0 Å². The van der Waals surface area contributed by atoms with Gasteiger partial charge in [-0.1, -0.05) is 44.2 Å². The van der Waals surface area contributed by atoms with Gasteiger partial charge in [-0.25, -0.2) is 4.79 Å². The summed E-state index contributed by atoms with van der Waals surface area (Å²) in [5.41, 5.74) is 2.93. The van der Waals surface area contributed by atoms with Crippen LogP contribution in [0.3, 0.4) is 0 Å². The molecule has 0 saturated carbocycles. The highest BCUT2D eigenvalue weighted by molar-refractivity contribution is 7.98. The van der Waals surface area contributed by atoms with Crippen molar-refractivity contribution in [2.45, 2.75) is 30.4 Å². The first kappa shape index (κ1) is 14.7. The predicted molar refractivity (Wildman–Crippen MR) is 83.5 cm³/mol.